The fourth-order valence-corrected chi connectivity index (χ4v) is 2.22. The van der Waals surface area contributed by atoms with Crippen LogP contribution < -0.4 is 10.2 Å². The predicted molar refractivity (Wildman–Crippen MR) is 72.8 cm³/mol. The minimum absolute atomic E-state index is 0.0921. The van der Waals surface area contributed by atoms with Gasteiger partial charge in [0.25, 0.3) is 5.91 Å². The van der Waals surface area contributed by atoms with E-state index in [1.165, 1.54) is 4.90 Å². The molecule has 1 amide bonds. The highest BCUT2D eigenvalue weighted by Gasteiger charge is 2.23. The Hall–Kier alpha value is -1.49. The number of hydrogen-bond donors (Lipinski definition) is 1. The zero-order chi connectivity index (χ0) is 13.2. The van der Waals surface area contributed by atoms with Crippen molar-refractivity contribution in [2.75, 3.05) is 19.8 Å². The molecule has 0 spiro atoms. The molecule has 0 saturated carbocycles. The fraction of sp³-hybridized carbons (Fsp3) is 0.417. The smallest absolute Gasteiger partial charge is 0.257 e. The maximum absolute atomic E-state index is 12.0. The molecule has 1 aromatic rings. The van der Waals surface area contributed by atoms with Crippen molar-refractivity contribution in [3.8, 4) is 5.75 Å². The first-order valence-electron chi connectivity index (χ1n) is 5.51. The van der Waals surface area contributed by atoms with E-state index in [0.717, 1.165) is 0 Å². The number of benzene rings is 1. The first-order valence-corrected chi connectivity index (χ1v) is 8.92. The third-order valence-corrected chi connectivity index (χ3v) is 2.91. The minimum atomic E-state index is -1.79. The Morgan fingerprint density at radius 3 is 2.35 bits per heavy atom. The first kappa shape index (κ1) is 13.6. The van der Waals surface area contributed by atoms with Gasteiger partial charge in [0.15, 0.2) is 0 Å². The maximum atomic E-state index is 12.0. The standard InChI is InChI=1S/C12H20N2O2Si/c1-14(2)12(15)9-7-6-8-10(13)11(9)16-17(3,4)5/h6-8H,13H2,1-5H3. The van der Waals surface area contributed by atoms with Crippen LogP contribution in [0, 0.1) is 0 Å². The van der Waals surface area contributed by atoms with Gasteiger partial charge in [0.2, 0.25) is 8.32 Å². The SMILES string of the molecule is CN(C)C(=O)c1cccc(N)c1O[Si](C)(C)C. The molecule has 0 aliphatic heterocycles. The average Bonchev–Trinajstić information content (AvgIpc) is 2.18. The lowest BCUT2D eigenvalue weighted by Crippen LogP contribution is -2.31. The number of amides is 1. The van der Waals surface area contributed by atoms with Crippen LogP contribution in [0.5, 0.6) is 5.75 Å². The van der Waals surface area contributed by atoms with Crippen LogP contribution in [0.3, 0.4) is 0 Å². The van der Waals surface area contributed by atoms with Crippen molar-refractivity contribution in [3.63, 3.8) is 0 Å². The molecule has 1 rings (SSSR count). The summed E-state index contributed by atoms with van der Waals surface area (Å²) in [7, 11) is 1.63. The lowest BCUT2D eigenvalue weighted by Gasteiger charge is -2.23. The number of anilines is 1. The van der Waals surface area contributed by atoms with Crippen molar-refractivity contribution in [2.24, 2.45) is 0 Å². The molecule has 5 heteroatoms. The zero-order valence-electron chi connectivity index (χ0n) is 11.1. The Morgan fingerprint density at radius 2 is 1.88 bits per heavy atom. The molecule has 0 heterocycles. The second-order valence-corrected chi connectivity index (χ2v) is 9.57. The van der Waals surface area contributed by atoms with E-state index in [1.54, 1.807) is 32.3 Å². The minimum Gasteiger partial charge on any atom is -0.542 e. The van der Waals surface area contributed by atoms with E-state index in [-0.39, 0.29) is 5.91 Å². The summed E-state index contributed by atoms with van der Waals surface area (Å²) in [5.74, 6) is 0.427. The van der Waals surface area contributed by atoms with E-state index < -0.39 is 8.32 Å². The number of carbonyl (C=O) groups is 1. The van der Waals surface area contributed by atoms with Crippen LogP contribution in [-0.2, 0) is 0 Å². The highest BCUT2D eigenvalue weighted by atomic mass is 28.4. The molecule has 0 aromatic heterocycles. The number of nitrogen functional groups attached to an aromatic ring is 1. The van der Waals surface area contributed by atoms with Gasteiger partial charge in [-0.1, -0.05) is 6.07 Å². The van der Waals surface area contributed by atoms with E-state index >= 15 is 0 Å². The summed E-state index contributed by atoms with van der Waals surface area (Å²) >= 11 is 0. The Balaban J connectivity index is 3.22. The van der Waals surface area contributed by atoms with E-state index in [2.05, 4.69) is 19.6 Å². The van der Waals surface area contributed by atoms with Gasteiger partial charge in [-0.05, 0) is 31.8 Å². The normalized spacial score (nSPS) is 11.1. The van der Waals surface area contributed by atoms with Crippen molar-refractivity contribution < 1.29 is 9.22 Å². The Labute approximate surface area is 104 Å². The summed E-state index contributed by atoms with van der Waals surface area (Å²) < 4.78 is 5.90. The summed E-state index contributed by atoms with van der Waals surface area (Å²) in [6.45, 7) is 6.18. The number of hydrogen-bond acceptors (Lipinski definition) is 3. The van der Waals surface area contributed by atoms with Gasteiger partial charge in [-0.15, -0.1) is 0 Å². The lowest BCUT2D eigenvalue weighted by atomic mass is 10.1. The van der Waals surface area contributed by atoms with Crippen LogP contribution in [0.25, 0.3) is 0 Å². The van der Waals surface area contributed by atoms with E-state index in [1.807, 2.05) is 0 Å². The van der Waals surface area contributed by atoms with Crippen LogP contribution in [0.2, 0.25) is 19.6 Å². The van der Waals surface area contributed by atoms with Crippen LogP contribution in [0.1, 0.15) is 10.4 Å². The molecule has 0 bridgehead atoms. The molecule has 0 atom stereocenters. The van der Waals surface area contributed by atoms with Crippen LogP contribution in [-0.4, -0.2) is 33.2 Å². The van der Waals surface area contributed by atoms with Crippen LogP contribution in [0.15, 0.2) is 18.2 Å². The maximum Gasteiger partial charge on any atom is 0.257 e. The molecule has 4 nitrogen and oxygen atoms in total. The number of nitrogens with two attached hydrogens (primary N) is 1. The lowest BCUT2D eigenvalue weighted by molar-refractivity contribution is 0.0826. The summed E-state index contributed by atoms with van der Waals surface area (Å²) in [6, 6.07) is 5.26. The third-order valence-electron chi connectivity index (χ3n) is 2.09. The summed E-state index contributed by atoms with van der Waals surface area (Å²) in [5, 5.41) is 0. The summed E-state index contributed by atoms with van der Waals surface area (Å²) in [6.07, 6.45) is 0. The van der Waals surface area contributed by atoms with Gasteiger partial charge in [0, 0.05) is 14.1 Å². The van der Waals surface area contributed by atoms with Crippen LogP contribution >= 0.6 is 0 Å². The van der Waals surface area contributed by atoms with Crippen molar-refractivity contribution in [2.45, 2.75) is 19.6 Å². The molecule has 0 aliphatic carbocycles. The molecule has 0 saturated heterocycles. The van der Waals surface area contributed by atoms with E-state index in [0.29, 0.717) is 17.0 Å². The molecular formula is C12H20N2O2Si. The second-order valence-electron chi connectivity index (χ2n) is 5.14. The largest absolute Gasteiger partial charge is 0.542 e. The highest BCUT2D eigenvalue weighted by molar-refractivity contribution is 6.70. The predicted octanol–water partition coefficient (Wildman–Crippen LogP) is 2.18. The van der Waals surface area contributed by atoms with Crippen LogP contribution in [0.4, 0.5) is 5.69 Å². The summed E-state index contributed by atoms with van der Waals surface area (Å²) in [5.41, 5.74) is 6.93. The molecule has 2 N–H and O–H groups in total. The zero-order valence-corrected chi connectivity index (χ0v) is 12.1. The quantitative estimate of drug-likeness (QED) is 0.662. The number of para-hydroxylation sites is 1. The van der Waals surface area contributed by atoms with Gasteiger partial charge in [0.05, 0.1) is 11.3 Å². The number of carbonyl (C=O) groups excluding carboxylic acids is 1. The van der Waals surface area contributed by atoms with E-state index in [4.69, 9.17) is 10.2 Å². The average molecular weight is 252 g/mol. The van der Waals surface area contributed by atoms with Gasteiger partial charge >= 0.3 is 0 Å². The number of nitrogens with zero attached hydrogens (tertiary/aromatic N) is 1. The van der Waals surface area contributed by atoms with E-state index in [9.17, 15) is 4.79 Å². The van der Waals surface area contributed by atoms with Crippen molar-refractivity contribution in [3.05, 3.63) is 23.8 Å². The molecule has 94 valence electrons. The molecule has 17 heavy (non-hydrogen) atoms. The van der Waals surface area contributed by atoms with Crippen molar-refractivity contribution >= 4 is 19.9 Å². The van der Waals surface area contributed by atoms with Gasteiger partial charge in [-0.2, -0.15) is 0 Å². The monoisotopic (exact) mass is 252 g/mol. The van der Waals surface area contributed by atoms with Gasteiger partial charge in [-0.25, -0.2) is 0 Å². The van der Waals surface area contributed by atoms with Crippen molar-refractivity contribution in [1.82, 2.24) is 4.90 Å². The van der Waals surface area contributed by atoms with Gasteiger partial charge in [0.1, 0.15) is 5.75 Å². The third kappa shape index (κ3) is 3.49. The molecule has 0 aliphatic rings. The Bertz CT molecular complexity index is 425. The fourth-order valence-electron chi connectivity index (χ4n) is 1.38. The Morgan fingerprint density at radius 1 is 1.29 bits per heavy atom. The molecular weight excluding hydrogens is 232 g/mol. The number of rotatable bonds is 3. The molecule has 0 fully saturated rings. The summed E-state index contributed by atoms with van der Waals surface area (Å²) in [4.78, 5) is 13.5. The molecule has 1 aromatic carbocycles. The van der Waals surface area contributed by atoms with Gasteiger partial charge in [-0.3, -0.25) is 4.79 Å². The topological polar surface area (TPSA) is 55.6 Å². The highest BCUT2D eigenvalue weighted by Crippen LogP contribution is 2.29. The first-order chi connectivity index (χ1) is 7.72. The van der Waals surface area contributed by atoms with Gasteiger partial charge < -0.3 is 15.1 Å². The molecule has 0 radical (unpaired) electrons. The molecule has 0 unspecified atom stereocenters. The second kappa shape index (κ2) is 4.79. The van der Waals surface area contributed by atoms with Crippen molar-refractivity contribution in [1.29, 1.82) is 0 Å². The Kier molecular flexibility index (Phi) is 3.82.